The monoisotopic (exact) mass is 380 g/mol. The third kappa shape index (κ3) is 4.19. The first-order valence-corrected chi connectivity index (χ1v) is 8.31. The van der Waals surface area contributed by atoms with Crippen molar-refractivity contribution in [2.45, 2.75) is 32.6 Å². The zero-order chi connectivity index (χ0) is 13.7. The molecule has 0 saturated heterocycles. The summed E-state index contributed by atoms with van der Waals surface area (Å²) in [5, 5.41) is 0. The van der Waals surface area contributed by atoms with Gasteiger partial charge in [0.1, 0.15) is 0 Å². The molecule has 0 spiro atoms. The number of aryl methyl sites for hydroxylation is 1. The maximum absolute atomic E-state index is 3.58. The molecule has 1 aliphatic rings. The number of unbranched alkanes of at least 4 members (excludes halogenated alkanes) is 1. The highest BCUT2D eigenvalue weighted by atomic mass is 79.9. The second-order valence-corrected chi connectivity index (χ2v) is 6.59. The second kappa shape index (κ2) is 7.25. The normalized spacial score (nSPS) is 14.9. The maximum Gasteiger partial charge on any atom is 0.0178 e. The van der Waals surface area contributed by atoms with Crippen LogP contribution in [0.25, 0.3) is 5.57 Å². The van der Waals surface area contributed by atoms with E-state index in [9.17, 15) is 0 Å². The predicted octanol–water partition coefficient (Wildman–Crippen LogP) is 6.41. The lowest BCUT2D eigenvalue weighted by Crippen LogP contribution is -1.94. The highest BCUT2D eigenvalue weighted by Gasteiger charge is 2.08. The molecule has 2 rings (SSSR count). The number of hydrogen-bond donors (Lipinski definition) is 0. The molecule has 0 saturated carbocycles. The Morgan fingerprint density at radius 1 is 1.16 bits per heavy atom. The fraction of sp³-hybridized carbons (Fsp3) is 0.294. The molecule has 0 bridgehead atoms. The molecule has 1 aromatic carbocycles. The molecule has 0 aromatic heterocycles. The molecule has 0 fully saturated rings. The third-order valence-corrected chi connectivity index (χ3v) is 4.29. The molecule has 1 aliphatic carbocycles. The summed E-state index contributed by atoms with van der Waals surface area (Å²) in [6.45, 7) is 2.24. The lowest BCUT2D eigenvalue weighted by molar-refractivity contribution is 0.793. The average molecular weight is 382 g/mol. The molecule has 100 valence electrons. The first kappa shape index (κ1) is 14.8. The summed E-state index contributed by atoms with van der Waals surface area (Å²) in [6, 6.07) is 6.64. The minimum Gasteiger partial charge on any atom is -0.0790 e. The van der Waals surface area contributed by atoms with Crippen LogP contribution in [0.15, 0.2) is 51.5 Å². The Hall–Kier alpha value is -0.600. The Morgan fingerprint density at radius 3 is 2.79 bits per heavy atom. The van der Waals surface area contributed by atoms with Gasteiger partial charge in [-0.1, -0.05) is 69.5 Å². The lowest BCUT2D eigenvalue weighted by Gasteiger charge is -2.12. The standard InChI is InChI=1S/C17H18Br2/c1-2-3-5-14-12-16(19)10-11-17(14)13-6-4-7-15(18)9-8-13/h4,7-12H,2-3,5-6H2,1H3. The van der Waals surface area contributed by atoms with Gasteiger partial charge in [-0.25, -0.2) is 0 Å². The summed E-state index contributed by atoms with van der Waals surface area (Å²) in [7, 11) is 0. The van der Waals surface area contributed by atoms with Gasteiger partial charge in [0, 0.05) is 8.96 Å². The van der Waals surface area contributed by atoms with Crippen LogP contribution in [-0.2, 0) is 6.42 Å². The van der Waals surface area contributed by atoms with Gasteiger partial charge in [0.25, 0.3) is 0 Å². The van der Waals surface area contributed by atoms with Gasteiger partial charge in [-0.05, 0) is 54.2 Å². The van der Waals surface area contributed by atoms with Crippen LogP contribution in [-0.4, -0.2) is 0 Å². The first-order valence-electron chi connectivity index (χ1n) is 6.72. The second-order valence-electron chi connectivity index (χ2n) is 4.75. The Labute approximate surface area is 132 Å². The van der Waals surface area contributed by atoms with Gasteiger partial charge in [0.2, 0.25) is 0 Å². The van der Waals surface area contributed by atoms with Crippen LogP contribution in [0.2, 0.25) is 0 Å². The Balaban J connectivity index is 2.35. The molecule has 0 aliphatic heterocycles. The summed E-state index contributed by atoms with van der Waals surface area (Å²) >= 11 is 7.12. The minimum atomic E-state index is 0.992. The molecular formula is C17H18Br2. The van der Waals surface area contributed by atoms with Crippen molar-refractivity contribution in [2.75, 3.05) is 0 Å². The number of rotatable bonds is 4. The van der Waals surface area contributed by atoms with Crippen molar-refractivity contribution in [1.82, 2.24) is 0 Å². The zero-order valence-electron chi connectivity index (χ0n) is 11.1. The summed E-state index contributed by atoms with van der Waals surface area (Å²) in [4.78, 5) is 0. The summed E-state index contributed by atoms with van der Waals surface area (Å²) in [6.07, 6.45) is 13.3. The van der Waals surface area contributed by atoms with Crippen LogP contribution in [0.5, 0.6) is 0 Å². The van der Waals surface area contributed by atoms with E-state index in [0.29, 0.717) is 0 Å². The summed E-state index contributed by atoms with van der Waals surface area (Å²) in [5.74, 6) is 0. The van der Waals surface area contributed by atoms with Crippen molar-refractivity contribution in [3.63, 3.8) is 0 Å². The summed E-state index contributed by atoms with van der Waals surface area (Å²) < 4.78 is 2.30. The van der Waals surface area contributed by atoms with E-state index in [1.165, 1.54) is 34.0 Å². The SMILES string of the molecule is CCCCc1cc(Br)ccc1C1=CC=C(Br)C=CC1. The Kier molecular flexibility index (Phi) is 5.65. The van der Waals surface area contributed by atoms with Gasteiger partial charge in [0.15, 0.2) is 0 Å². The van der Waals surface area contributed by atoms with Crippen molar-refractivity contribution in [3.8, 4) is 0 Å². The minimum absolute atomic E-state index is 0.992. The van der Waals surface area contributed by atoms with Gasteiger partial charge in [-0.2, -0.15) is 0 Å². The predicted molar refractivity (Wildman–Crippen MR) is 91.5 cm³/mol. The molecule has 2 heteroatoms. The van der Waals surface area contributed by atoms with E-state index < -0.39 is 0 Å². The Morgan fingerprint density at radius 2 is 2.00 bits per heavy atom. The molecule has 1 aromatic rings. The van der Waals surface area contributed by atoms with E-state index in [2.05, 4.69) is 81.3 Å². The number of benzene rings is 1. The van der Waals surface area contributed by atoms with E-state index in [0.717, 1.165) is 17.3 Å². The van der Waals surface area contributed by atoms with Crippen LogP contribution < -0.4 is 0 Å². The third-order valence-electron chi connectivity index (χ3n) is 3.27. The van der Waals surface area contributed by atoms with Crippen LogP contribution in [0.3, 0.4) is 0 Å². The molecule has 0 amide bonds. The van der Waals surface area contributed by atoms with Crippen LogP contribution >= 0.6 is 31.9 Å². The summed E-state index contributed by atoms with van der Waals surface area (Å²) in [5.41, 5.74) is 4.23. The van der Waals surface area contributed by atoms with E-state index in [1.54, 1.807) is 0 Å². The van der Waals surface area contributed by atoms with E-state index in [1.807, 2.05) is 0 Å². The first-order chi connectivity index (χ1) is 9.20. The Bertz CT molecular complexity index is 536. The molecule has 19 heavy (non-hydrogen) atoms. The highest BCUT2D eigenvalue weighted by molar-refractivity contribution is 9.12. The molecule has 0 radical (unpaired) electrons. The molecule has 0 heterocycles. The molecular weight excluding hydrogens is 364 g/mol. The highest BCUT2D eigenvalue weighted by Crippen LogP contribution is 2.29. The lowest BCUT2D eigenvalue weighted by atomic mass is 9.94. The fourth-order valence-electron chi connectivity index (χ4n) is 2.25. The van der Waals surface area contributed by atoms with E-state index >= 15 is 0 Å². The van der Waals surface area contributed by atoms with Crippen LogP contribution in [0.1, 0.15) is 37.3 Å². The molecule has 0 N–H and O–H groups in total. The van der Waals surface area contributed by atoms with Crippen LogP contribution in [0, 0.1) is 0 Å². The molecule has 0 nitrogen and oxygen atoms in total. The number of allylic oxidation sites excluding steroid dienone is 6. The van der Waals surface area contributed by atoms with Gasteiger partial charge in [-0.15, -0.1) is 0 Å². The van der Waals surface area contributed by atoms with Crippen molar-refractivity contribution >= 4 is 37.4 Å². The number of hydrogen-bond acceptors (Lipinski definition) is 0. The van der Waals surface area contributed by atoms with Crippen molar-refractivity contribution in [1.29, 1.82) is 0 Å². The average Bonchev–Trinajstić information content (AvgIpc) is 2.61. The van der Waals surface area contributed by atoms with E-state index in [4.69, 9.17) is 0 Å². The van der Waals surface area contributed by atoms with Crippen molar-refractivity contribution < 1.29 is 0 Å². The van der Waals surface area contributed by atoms with E-state index in [-0.39, 0.29) is 0 Å². The van der Waals surface area contributed by atoms with Crippen molar-refractivity contribution in [3.05, 3.63) is 62.6 Å². The molecule has 0 unspecified atom stereocenters. The van der Waals surface area contributed by atoms with Gasteiger partial charge in [-0.3, -0.25) is 0 Å². The zero-order valence-corrected chi connectivity index (χ0v) is 14.3. The van der Waals surface area contributed by atoms with Gasteiger partial charge < -0.3 is 0 Å². The van der Waals surface area contributed by atoms with Crippen molar-refractivity contribution in [2.24, 2.45) is 0 Å². The maximum atomic E-state index is 3.58. The quantitative estimate of drug-likeness (QED) is 0.564. The smallest absolute Gasteiger partial charge is 0.0178 e. The topological polar surface area (TPSA) is 0 Å². The van der Waals surface area contributed by atoms with Gasteiger partial charge in [0.05, 0.1) is 0 Å². The fourth-order valence-corrected chi connectivity index (χ4v) is 2.98. The molecule has 0 atom stereocenters. The largest absolute Gasteiger partial charge is 0.0790 e. The van der Waals surface area contributed by atoms with Crippen LogP contribution in [0.4, 0.5) is 0 Å². The number of halogens is 2. The van der Waals surface area contributed by atoms with Gasteiger partial charge >= 0.3 is 0 Å².